The quantitative estimate of drug-likeness (QED) is 0.814. The number of carbonyl (C=O) groups is 1. The van der Waals surface area contributed by atoms with Crippen LogP contribution in [0.2, 0.25) is 0 Å². The highest BCUT2D eigenvalue weighted by molar-refractivity contribution is 5.85. The summed E-state index contributed by atoms with van der Waals surface area (Å²) in [6, 6.07) is 14.5. The maximum Gasteiger partial charge on any atom is 0.224 e. The molecule has 0 atom stereocenters. The fraction of sp³-hybridized carbons (Fsp3) is 0.350. The Bertz CT molecular complexity index is 687. The molecule has 0 heterocycles. The van der Waals surface area contributed by atoms with Gasteiger partial charge in [0.2, 0.25) is 5.91 Å². The second kappa shape index (κ2) is 7.26. The van der Waals surface area contributed by atoms with Gasteiger partial charge in [0.05, 0.1) is 6.42 Å². The molecule has 2 aromatic carbocycles. The first-order chi connectivity index (χ1) is 10.8. The van der Waals surface area contributed by atoms with Crippen molar-refractivity contribution in [3.8, 4) is 0 Å². The van der Waals surface area contributed by atoms with Gasteiger partial charge in [0.1, 0.15) is 0 Å². The maximum atomic E-state index is 12.1. The molecule has 2 heteroatoms. The van der Waals surface area contributed by atoms with E-state index in [0.29, 0.717) is 6.42 Å². The van der Waals surface area contributed by atoms with Crippen LogP contribution in [-0.2, 0) is 11.2 Å². The molecule has 0 unspecified atom stereocenters. The van der Waals surface area contributed by atoms with E-state index < -0.39 is 0 Å². The summed E-state index contributed by atoms with van der Waals surface area (Å²) in [4.78, 5) is 12.1. The van der Waals surface area contributed by atoms with Crippen LogP contribution >= 0.6 is 0 Å². The van der Waals surface area contributed by atoms with Crippen LogP contribution in [-0.4, -0.2) is 12.5 Å². The normalized spacial score (nSPS) is 14.6. The highest BCUT2D eigenvalue weighted by atomic mass is 16.1. The SMILES string of the molecule is O=C(Cc1ccc2ccccc2c1)NCCC1=CCCCC1. The molecule has 2 aromatic rings. The molecule has 22 heavy (non-hydrogen) atoms. The van der Waals surface area contributed by atoms with Crippen LogP contribution in [0.1, 0.15) is 37.7 Å². The average molecular weight is 293 g/mol. The van der Waals surface area contributed by atoms with E-state index in [-0.39, 0.29) is 5.91 Å². The molecule has 1 aliphatic rings. The Morgan fingerprint density at radius 2 is 1.91 bits per heavy atom. The number of amides is 1. The Hall–Kier alpha value is -2.09. The van der Waals surface area contributed by atoms with E-state index in [1.54, 1.807) is 0 Å². The summed E-state index contributed by atoms with van der Waals surface area (Å²) in [7, 11) is 0. The lowest BCUT2D eigenvalue weighted by atomic mass is 9.97. The standard InChI is InChI=1S/C20H23NO/c22-20(21-13-12-16-6-2-1-3-7-16)15-17-10-11-18-8-4-5-9-19(18)14-17/h4-6,8-11,14H,1-3,7,12-13,15H2,(H,21,22). The second-order valence-electron chi connectivity index (χ2n) is 6.07. The summed E-state index contributed by atoms with van der Waals surface area (Å²) < 4.78 is 0. The van der Waals surface area contributed by atoms with Crippen LogP contribution in [0.5, 0.6) is 0 Å². The van der Waals surface area contributed by atoms with E-state index in [1.165, 1.54) is 42.0 Å². The molecule has 0 fully saturated rings. The van der Waals surface area contributed by atoms with Gasteiger partial charge in [-0.25, -0.2) is 0 Å². The predicted molar refractivity (Wildman–Crippen MR) is 91.8 cm³/mol. The Balaban J connectivity index is 1.51. The third kappa shape index (κ3) is 3.97. The minimum absolute atomic E-state index is 0.117. The summed E-state index contributed by atoms with van der Waals surface area (Å²) in [5, 5.41) is 5.46. The Labute approximate surface area is 132 Å². The van der Waals surface area contributed by atoms with E-state index in [4.69, 9.17) is 0 Å². The minimum atomic E-state index is 0.117. The Kier molecular flexibility index (Phi) is 4.89. The molecule has 1 amide bonds. The molecule has 0 radical (unpaired) electrons. The number of rotatable bonds is 5. The fourth-order valence-electron chi connectivity index (χ4n) is 3.09. The number of allylic oxidation sites excluding steroid dienone is 1. The summed E-state index contributed by atoms with van der Waals surface area (Å²) in [6.45, 7) is 0.762. The van der Waals surface area contributed by atoms with Gasteiger partial charge in [-0.05, 0) is 48.4 Å². The molecule has 0 aliphatic heterocycles. The molecular formula is C20H23NO. The number of nitrogens with one attached hydrogen (secondary N) is 1. The molecule has 1 N–H and O–H groups in total. The van der Waals surface area contributed by atoms with Gasteiger partial charge in [-0.2, -0.15) is 0 Å². The summed E-state index contributed by atoms with van der Waals surface area (Å²) in [5.41, 5.74) is 2.59. The lowest BCUT2D eigenvalue weighted by Gasteiger charge is -2.13. The van der Waals surface area contributed by atoms with Gasteiger partial charge in [0.15, 0.2) is 0 Å². The van der Waals surface area contributed by atoms with Gasteiger partial charge in [0.25, 0.3) is 0 Å². The first kappa shape index (κ1) is 14.8. The molecule has 114 valence electrons. The lowest BCUT2D eigenvalue weighted by molar-refractivity contribution is -0.120. The molecule has 0 bridgehead atoms. The fourth-order valence-corrected chi connectivity index (χ4v) is 3.09. The zero-order chi connectivity index (χ0) is 15.2. The third-order valence-electron chi connectivity index (χ3n) is 4.33. The van der Waals surface area contributed by atoms with Gasteiger partial charge in [-0.15, -0.1) is 0 Å². The van der Waals surface area contributed by atoms with Gasteiger partial charge in [0, 0.05) is 6.54 Å². The zero-order valence-corrected chi connectivity index (χ0v) is 13.0. The molecular weight excluding hydrogens is 270 g/mol. The summed E-state index contributed by atoms with van der Waals surface area (Å²) in [5.74, 6) is 0.117. The van der Waals surface area contributed by atoms with Gasteiger partial charge < -0.3 is 5.32 Å². The van der Waals surface area contributed by atoms with Crippen LogP contribution in [0, 0.1) is 0 Å². The second-order valence-corrected chi connectivity index (χ2v) is 6.07. The predicted octanol–water partition coefficient (Wildman–Crippen LogP) is 4.39. The molecule has 0 saturated carbocycles. The van der Waals surface area contributed by atoms with Crippen molar-refractivity contribution in [2.24, 2.45) is 0 Å². The van der Waals surface area contributed by atoms with Crippen molar-refractivity contribution in [3.63, 3.8) is 0 Å². The van der Waals surface area contributed by atoms with E-state index in [1.807, 2.05) is 18.2 Å². The van der Waals surface area contributed by atoms with Crippen molar-refractivity contribution in [3.05, 3.63) is 59.7 Å². The van der Waals surface area contributed by atoms with Crippen molar-refractivity contribution < 1.29 is 4.79 Å². The molecule has 0 saturated heterocycles. The Morgan fingerprint density at radius 3 is 2.73 bits per heavy atom. The highest BCUT2D eigenvalue weighted by Gasteiger charge is 2.06. The van der Waals surface area contributed by atoms with Crippen LogP contribution < -0.4 is 5.32 Å². The summed E-state index contributed by atoms with van der Waals surface area (Å²) in [6.07, 6.45) is 8.85. The molecule has 0 aromatic heterocycles. The maximum absolute atomic E-state index is 12.1. The topological polar surface area (TPSA) is 29.1 Å². The molecule has 1 aliphatic carbocycles. The smallest absolute Gasteiger partial charge is 0.224 e. The first-order valence-corrected chi connectivity index (χ1v) is 8.23. The van der Waals surface area contributed by atoms with Crippen molar-refractivity contribution in [1.29, 1.82) is 0 Å². The van der Waals surface area contributed by atoms with E-state index in [9.17, 15) is 4.79 Å². The number of hydrogen-bond donors (Lipinski definition) is 1. The van der Waals surface area contributed by atoms with E-state index >= 15 is 0 Å². The highest BCUT2D eigenvalue weighted by Crippen LogP contribution is 2.19. The van der Waals surface area contributed by atoms with Crippen molar-refractivity contribution in [1.82, 2.24) is 5.32 Å². The zero-order valence-electron chi connectivity index (χ0n) is 13.0. The van der Waals surface area contributed by atoms with E-state index in [2.05, 4.69) is 35.7 Å². The molecule has 0 spiro atoms. The van der Waals surface area contributed by atoms with Crippen LogP contribution in [0.4, 0.5) is 0 Å². The number of hydrogen-bond acceptors (Lipinski definition) is 1. The molecule has 2 nitrogen and oxygen atoms in total. The van der Waals surface area contributed by atoms with Crippen molar-refractivity contribution in [2.75, 3.05) is 6.54 Å². The largest absolute Gasteiger partial charge is 0.355 e. The molecule has 3 rings (SSSR count). The number of benzene rings is 2. The van der Waals surface area contributed by atoms with Crippen molar-refractivity contribution >= 4 is 16.7 Å². The summed E-state index contributed by atoms with van der Waals surface area (Å²) >= 11 is 0. The minimum Gasteiger partial charge on any atom is -0.355 e. The van der Waals surface area contributed by atoms with Crippen molar-refractivity contribution in [2.45, 2.75) is 38.5 Å². The monoisotopic (exact) mass is 293 g/mol. The number of fused-ring (bicyclic) bond motifs is 1. The van der Waals surface area contributed by atoms with Gasteiger partial charge >= 0.3 is 0 Å². The Morgan fingerprint density at radius 1 is 1.05 bits per heavy atom. The van der Waals surface area contributed by atoms with Crippen LogP contribution in [0.25, 0.3) is 10.8 Å². The first-order valence-electron chi connectivity index (χ1n) is 8.23. The lowest BCUT2D eigenvalue weighted by Crippen LogP contribution is -2.26. The van der Waals surface area contributed by atoms with E-state index in [0.717, 1.165) is 18.5 Å². The average Bonchev–Trinajstić information content (AvgIpc) is 2.56. The van der Waals surface area contributed by atoms with Crippen LogP contribution in [0.3, 0.4) is 0 Å². The van der Waals surface area contributed by atoms with Crippen LogP contribution in [0.15, 0.2) is 54.1 Å². The van der Waals surface area contributed by atoms with Gasteiger partial charge in [-0.3, -0.25) is 4.79 Å². The number of carbonyl (C=O) groups excluding carboxylic acids is 1. The third-order valence-corrected chi connectivity index (χ3v) is 4.33. The van der Waals surface area contributed by atoms with Gasteiger partial charge in [-0.1, -0.05) is 54.1 Å².